The molecule has 3 aromatic rings. The summed E-state index contributed by atoms with van der Waals surface area (Å²) in [6.07, 6.45) is 0. The first-order valence-corrected chi connectivity index (χ1v) is 11.8. The van der Waals surface area contributed by atoms with Crippen LogP contribution in [0.15, 0.2) is 66.7 Å². The summed E-state index contributed by atoms with van der Waals surface area (Å²) in [6.45, 7) is 0.571. The van der Waals surface area contributed by atoms with Gasteiger partial charge < -0.3 is 14.5 Å². The minimum atomic E-state index is -1.30. The van der Waals surface area contributed by atoms with Crippen molar-refractivity contribution in [3.63, 3.8) is 0 Å². The molecule has 0 unspecified atom stereocenters. The monoisotopic (exact) mass is 482 g/mol. The molecule has 2 amide bonds. The lowest BCUT2D eigenvalue weighted by molar-refractivity contribution is -0.123. The Balaban J connectivity index is 1.64. The molecule has 5 nitrogen and oxygen atoms in total. The second-order valence-electron chi connectivity index (χ2n) is 7.79. The van der Waals surface area contributed by atoms with Gasteiger partial charge in [0.05, 0.1) is 24.9 Å². The number of carbonyl (C=O) groups excluding carboxylic acids is 2. The number of halogens is 2. The van der Waals surface area contributed by atoms with Gasteiger partial charge in [0, 0.05) is 22.9 Å². The third-order valence-corrected chi connectivity index (χ3v) is 7.82. The van der Waals surface area contributed by atoms with E-state index in [0.29, 0.717) is 34.3 Å². The highest BCUT2D eigenvalue weighted by Crippen LogP contribution is 2.55. The maximum absolute atomic E-state index is 14.5. The van der Waals surface area contributed by atoms with Crippen molar-refractivity contribution in [3.8, 4) is 5.75 Å². The molecule has 5 rings (SSSR count). The van der Waals surface area contributed by atoms with Crippen LogP contribution in [0.4, 0.5) is 10.1 Å². The van der Waals surface area contributed by atoms with Gasteiger partial charge in [0.1, 0.15) is 11.6 Å². The quantitative estimate of drug-likeness (QED) is 0.520. The maximum Gasteiger partial charge on any atom is 0.268 e. The maximum atomic E-state index is 14.5. The summed E-state index contributed by atoms with van der Waals surface area (Å²) < 4.78 is 19.9. The summed E-state index contributed by atoms with van der Waals surface area (Å²) in [5.41, 5.74) is 2.08. The average Bonchev–Trinajstić information content (AvgIpc) is 3.37. The lowest BCUT2D eigenvalue weighted by Gasteiger charge is -2.33. The lowest BCUT2D eigenvalue weighted by atomic mass is 10.0. The molecule has 0 bridgehead atoms. The summed E-state index contributed by atoms with van der Waals surface area (Å²) in [4.78, 5) is 29.4. The van der Waals surface area contributed by atoms with Crippen LogP contribution in [0.1, 0.15) is 21.5 Å². The van der Waals surface area contributed by atoms with Crippen LogP contribution in [0.2, 0.25) is 5.02 Å². The Morgan fingerprint density at radius 3 is 2.67 bits per heavy atom. The fourth-order valence-electron chi connectivity index (χ4n) is 4.46. The van der Waals surface area contributed by atoms with Gasteiger partial charge in [-0.15, -0.1) is 11.8 Å². The zero-order valence-electron chi connectivity index (χ0n) is 17.8. The van der Waals surface area contributed by atoms with Crippen LogP contribution < -0.4 is 9.64 Å². The van der Waals surface area contributed by atoms with Gasteiger partial charge in [0.15, 0.2) is 4.87 Å². The van der Waals surface area contributed by atoms with Gasteiger partial charge in [0.2, 0.25) is 0 Å². The van der Waals surface area contributed by atoms with Crippen molar-refractivity contribution in [1.82, 2.24) is 4.90 Å². The van der Waals surface area contributed by atoms with Gasteiger partial charge in [-0.3, -0.25) is 9.59 Å². The van der Waals surface area contributed by atoms with Crippen LogP contribution in [0.3, 0.4) is 0 Å². The number of methoxy groups -OCH3 is 1. The summed E-state index contributed by atoms with van der Waals surface area (Å²) in [7, 11) is 1.55. The molecule has 2 heterocycles. The van der Waals surface area contributed by atoms with Gasteiger partial charge in [-0.2, -0.15) is 0 Å². The van der Waals surface area contributed by atoms with Crippen molar-refractivity contribution in [3.05, 3.63) is 94.3 Å². The van der Waals surface area contributed by atoms with E-state index in [-0.39, 0.29) is 18.0 Å². The number of fused-ring (bicyclic) bond motifs is 2. The van der Waals surface area contributed by atoms with E-state index in [4.69, 9.17) is 16.3 Å². The van der Waals surface area contributed by atoms with E-state index >= 15 is 0 Å². The molecule has 0 radical (unpaired) electrons. The molecule has 1 atom stereocenters. The van der Waals surface area contributed by atoms with E-state index in [2.05, 4.69) is 0 Å². The van der Waals surface area contributed by atoms with E-state index in [1.54, 1.807) is 36.3 Å². The number of nitrogens with zero attached hydrogens (tertiary/aromatic N) is 2. The number of carbonyl (C=O) groups is 2. The summed E-state index contributed by atoms with van der Waals surface area (Å²) >= 11 is 7.76. The SMILES string of the molecule is COc1ccc2c(c1)[C@@]1(SCCN1C(=O)c1ccccc1F)C(=O)N2Cc1ccccc1Cl. The fraction of sp³-hybridized carbons (Fsp3) is 0.200. The van der Waals surface area contributed by atoms with Crippen molar-refractivity contribution < 1.29 is 18.7 Å². The Kier molecular flexibility index (Phi) is 5.54. The van der Waals surface area contributed by atoms with Gasteiger partial charge in [-0.25, -0.2) is 4.39 Å². The van der Waals surface area contributed by atoms with Crippen molar-refractivity contribution in [2.45, 2.75) is 11.4 Å². The largest absolute Gasteiger partial charge is 0.497 e. The minimum absolute atomic E-state index is 0.0545. The average molecular weight is 483 g/mol. The van der Waals surface area contributed by atoms with Crippen LogP contribution in [-0.4, -0.2) is 36.1 Å². The number of hydrogen-bond acceptors (Lipinski definition) is 4. The Labute approximate surface area is 200 Å². The summed E-state index contributed by atoms with van der Waals surface area (Å²) in [6, 6.07) is 18.6. The molecule has 1 spiro atoms. The van der Waals surface area contributed by atoms with Gasteiger partial charge in [-0.05, 0) is 42.0 Å². The van der Waals surface area contributed by atoms with Crippen LogP contribution in [-0.2, 0) is 16.2 Å². The number of rotatable bonds is 4. The van der Waals surface area contributed by atoms with Gasteiger partial charge >= 0.3 is 0 Å². The number of anilines is 1. The molecule has 168 valence electrons. The predicted octanol–water partition coefficient (Wildman–Crippen LogP) is 5.08. The Bertz CT molecular complexity index is 1270. The third-order valence-electron chi connectivity index (χ3n) is 6.04. The van der Waals surface area contributed by atoms with E-state index in [1.807, 2.05) is 24.3 Å². The molecule has 3 aromatic carbocycles. The number of benzene rings is 3. The fourth-order valence-corrected chi connectivity index (χ4v) is 6.10. The molecule has 1 saturated heterocycles. The molecule has 1 fully saturated rings. The zero-order chi connectivity index (χ0) is 23.2. The number of thioether (sulfide) groups is 1. The first-order valence-electron chi connectivity index (χ1n) is 10.4. The highest BCUT2D eigenvalue weighted by atomic mass is 35.5. The molecule has 2 aliphatic rings. The normalized spacial score (nSPS) is 19.3. The molecular formula is C25H20ClFN2O3S. The Morgan fingerprint density at radius 2 is 1.91 bits per heavy atom. The topological polar surface area (TPSA) is 49.9 Å². The van der Waals surface area contributed by atoms with E-state index < -0.39 is 16.6 Å². The molecular weight excluding hydrogens is 463 g/mol. The predicted molar refractivity (Wildman–Crippen MR) is 127 cm³/mol. The van der Waals surface area contributed by atoms with E-state index in [1.165, 1.54) is 34.9 Å². The molecule has 0 saturated carbocycles. The standard InChI is InChI=1S/C25H20ClFN2O3S/c1-32-17-10-11-22-19(14-17)25(24(31)28(22)15-16-6-2-4-8-20(16)26)29(12-13-33-25)23(30)18-7-3-5-9-21(18)27/h2-11,14H,12-13,15H2,1H3/t25-/m1/s1. The second-order valence-corrected chi connectivity index (χ2v) is 9.49. The smallest absolute Gasteiger partial charge is 0.268 e. The molecule has 0 N–H and O–H groups in total. The van der Waals surface area contributed by atoms with Crippen molar-refractivity contribution in [1.29, 1.82) is 0 Å². The first-order chi connectivity index (χ1) is 16.0. The van der Waals surface area contributed by atoms with Crippen LogP contribution in [0.5, 0.6) is 5.75 Å². The molecule has 8 heteroatoms. The zero-order valence-corrected chi connectivity index (χ0v) is 19.3. The second kappa shape index (κ2) is 8.39. The molecule has 0 aliphatic carbocycles. The highest BCUT2D eigenvalue weighted by Gasteiger charge is 2.59. The van der Waals surface area contributed by atoms with Crippen LogP contribution in [0, 0.1) is 5.82 Å². The summed E-state index contributed by atoms with van der Waals surface area (Å²) in [5, 5.41) is 0.555. The van der Waals surface area contributed by atoms with E-state index in [9.17, 15) is 14.0 Å². The number of ether oxygens (including phenoxy) is 1. The van der Waals surface area contributed by atoms with Gasteiger partial charge in [0.25, 0.3) is 11.8 Å². The van der Waals surface area contributed by atoms with Crippen LogP contribution >= 0.6 is 23.4 Å². The Hall–Kier alpha value is -3.03. The molecule has 2 aliphatic heterocycles. The lowest BCUT2D eigenvalue weighted by Crippen LogP contribution is -2.50. The summed E-state index contributed by atoms with van der Waals surface area (Å²) in [5.74, 6) is -0.259. The van der Waals surface area contributed by atoms with Crippen LogP contribution in [0.25, 0.3) is 0 Å². The van der Waals surface area contributed by atoms with Crippen molar-refractivity contribution in [2.24, 2.45) is 0 Å². The highest BCUT2D eigenvalue weighted by molar-refractivity contribution is 8.01. The van der Waals surface area contributed by atoms with E-state index in [0.717, 1.165) is 5.56 Å². The Morgan fingerprint density at radius 1 is 1.15 bits per heavy atom. The van der Waals surface area contributed by atoms with Crippen molar-refractivity contribution >= 4 is 40.9 Å². The number of hydrogen-bond donors (Lipinski definition) is 0. The molecule has 0 aromatic heterocycles. The van der Waals surface area contributed by atoms with Gasteiger partial charge in [-0.1, -0.05) is 41.9 Å². The number of amides is 2. The third kappa shape index (κ3) is 3.38. The first kappa shape index (κ1) is 21.8. The van der Waals surface area contributed by atoms with Crippen molar-refractivity contribution in [2.75, 3.05) is 24.3 Å². The molecule has 33 heavy (non-hydrogen) atoms. The minimum Gasteiger partial charge on any atom is -0.497 e.